The number of aromatic nitrogens is 5. The predicted molar refractivity (Wildman–Crippen MR) is 129 cm³/mol. The van der Waals surface area contributed by atoms with Crippen LogP contribution >= 0.6 is 11.8 Å². The number of ether oxygens (including phenoxy) is 2. The number of anilines is 1. The highest BCUT2D eigenvalue weighted by atomic mass is 32.2. The number of nitrogens with two attached hydrogens (primary N) is 1. The number of rotatable bonds is 9. The minimum atomic E-state index is -0.566. The lowest BCUT2D eigenvalue weighted by Gasteiger charge is -2.07. The Morgan fingerprint density at radius 1 is 1.20 bits per heavy atom. The monoisotopic (exact) mass is 494 g/mol. The van der Waals surface area contributed by atoms with Crippen LogP contribution in [-0.4, -0.2) is 51.6 Å². The highest BCUT2D eigenvalue weighted by Crippen LogP contribution is 2.26. The number of carbonyl (C=O) groups is 1. The first-order valence-corrected chi connectivity index (χ1v) is 11.3. The SMILES string of the molecule is COc1ccc(OC)c(/C=N/NC(=O)c2nnn(-c3nonc3N)c2CSc2ccc(C)cc2)c1. The van der Waals surface area contributed by atoms with Crippen LogP contribution in [0, 0.1) is 6.92 Å². The minimum Gasteiger partial charge on any atom is -0.497 e. The summed E-state index contributed by atoms with van der Waals surface area (Å²) in [6, 6.07) is 13.2. The highest BCUT2D eigenvalue weighted by Gasteiger charge is 2.24. The van der Waals surface area contributed by atoms with Crippen molar-refractivity contribution in [1.29, 1.82) is 0 Å². The molecule has 2 heterocycles. The zero-order chi connectivity index (χ0) is 24.8. The van der Waals surface area contributed by atoms with Gasteiger partial charge in [0.2, 0.25) is 11.6 Å². The largest absolute Gasteiger partial charge is 0.497 e. The molecular weight excluding hydrogens is 472 g/mol. The van der Waals surface area contributed by atoms with E-state index in [-0.39, 0.29) is 17.3 Å². The molecule has 0 fully saturated rings. The number of nitrogens with one attached hydrogen (secondary N) is 1. The number of thioether (sulfide) groups is 1. The van der Waals surface area contributed by atoms with E-state index in [1.807, 2.05) is 31.2 Å². The van der Waals surface area contributed by atoms with E-state index in [4.69, 9.17) is 15.2 Å². The van der Waals surface area contributed by atoms with Crippen molar-refractivity contribution in [3.63, 3.8) is 0 Å². The lowest BCUT2D eigenvalue weighted by atomic mass is 10.2. The molecule has 4 rings (SSSR count). The van der Waals surface area contributed by atoms with Crippen LogP contribution in [0.15, 0.2) is 57.1 Å². The van der Waals surface area contributed by atoms with E-state index in [0.29, 0.717) is 28.5 Å². The van der Waals surface area contributed by atoms with Gasteiger partial charge in [-0.25, -0.2) is 10.1 Å². The van der Waals surface area contributed by atoms with Crippen molar-refractivity contribution in [3.05, 3.63) is 65.0 Å². The molecule has 13 heteroatoms. The molecule has 0 saturated carbocycles. The summed E-state index contributed by atoms with van der Waals surface area (Å²) in [5.41, 5.74) is 10.6. The number of nitrogen functional groups attached to an aromatic ring is 1. The lowest BCUT2D eigenvalue weighted by Crippen LogP contribution is -2.20. The average Bonchev–Trinajstić information content (AvgIpc) is 3.49. The summed E-state index contributed by atoms with van der Waals surface area (Å²) in [5, 5.41) is 19.5. The van der Waals surface area contributed by atoms with E-state index < -0.39 is 5.91 Å². The number of aryl methyl sites for hydroxylation is 1. The summed E-state index contributed by atoms with van der Waals surface area (Å²) in [6.07, 6.45) is 1.45. The van der Waals surface area contributed by atoms with Crippen LogP contribution in [0.2, 0.25) is 0 Å². The summed E-state index contributed by atoms with van der Waals surface area (Å²) in [6.45, 7) is 2.01. The molecular formula is C22H22N8O4S. The van der Waals surface area contributed by atoms with E-state index in [1.165, 1.54) is 22.7 Å². The molecule has 0 bridgehead atoms. The summed E-state index contributed by atoms with van der Waals surface area (Å²) in [4.78, 5) is 14.0. The highest BCUT2D eigenvalue weighted by molar-refractivity contribution is 7.98. The number of hydrazone groups is 1. The Bertz CT molecular complexity index is 1350. The molecule has 2 aromatic heterocycles. The van der Waals surface area contributed by atoms with Gasteiger partial charge in [-0.2, -0.15) is 9.78 Å². The van der Waals surface area contributed by atoms with E-state index >= 15 is 0 Å². The van der Waals surface area contributed by atoms with E-state index in [2.05, 4.69) is 35.8 Å². The van der Waals surface area contributed by atoms with Crippen LogP contribution in [-0.2, 0) is 5.75 Å². The summed E-state index contributed by atoms with van der Waals surface area (Å²) < 4.78 is 16.6. The van der Waals surface area contributed by atoms with E-state index in [9.17, 15) is 4.79 Å². The van der Waals surface area contributed by atoms with Gasteiger partial charge in [0, 0.05) is 16.2 Å². The molecule has 0 atom stereocenters. The smallest absolute Gasteiger partial charge is 0.293 e. The molecule has 0 aliphatic heterocycles. The number of hydrogen-bond acceptors (Lipinski definition) is 11. The summed E-state index contributed by atoms with van der Waals surface area (Å²) >= 11 is 1.50. The minimum absolute atomic E-state index is 0.0200. The van der Waals surface area contributed by atoms with Gasteiger partial charge in [0.15, 0.2) is 5.69 Å². The van der Waals surface area contributed by atoms with Crippen molar-refractivity contribution in [2.45, 2.75) is 17.6 Å². The average molecular weight is 495 g/mol. The molecule has 0 unspecified atom stereocenters. The Hall–Kier alpha value is -4.39. The third-order valence-corrected chi connectivity index (χ3v) is 5.90. The fourth-order valence-electron chi connectivity index (χ4n) is 3.06. The van der Waals surface area contributed by atoms with E-state index in [1.54, 1.807) is 32.4 Å². The number of methoxy groups -OCH3 is 2. The van der Waals surface area contributed by atoms with Crippen LogP contribution in [0.3, 0.4) is 0 Å². The molecule has 3 N–H and O–H groups in total. The molecule has 2 aromatic carbocycles. The van der Waals surface area contributed by atoms with Gasteiger partial charge < -0.3 is 15.2 Å². The standard InChI is InChI=1S/C22H22N8O4S/c1-13-4-7-16(8-5-13)35-12-17-19(25-29-30(17)21-20(23)27-34-28-21)22(31)26-24-11-14-10-15(32-2)6-9-18(14)33-3/h4-11H,12H2,1-3H3,(H2,23,27)(H,26,31)/b24-11+. The van der Waals surface area contributed by atoms with Gasteiger partial charge in [-0.15, -0.1) is 16.9 Å². The van der Waals surface area contributed by atoms with Crippen molar-refractivity contribution in [1.82, 2.24) is 30.7 Å². The molecule has 0 aliphatic carbocycles. The molecule has 0 aliphatic rings. The Morgan fingerprint density at radius 3 is 2.69 bits per heavy atom. The molecule has 180 valence electrons. The van der Waals surface area contributed by atoms with Crippen molar-refractivity contribution >= 4 is 29.7 Å². The molecule has 12 nitrogen and oxygen atoms in total. The van der Waals surface area contributed by atoms with Crippen LogP contribution in [0.5, 0.6) is 11.5 Å². The number of carbonyl (C=O) groups excluding carboxylic acids is 1. The zero-order valence-corrected chi connectivity index (χ0v) is 19.9. The van der Waals surface area contributed by atoms with Crippen LogP contribution in [0.4, 0.5) is 5.82 Å². The number of nitrogens with zero attached hydrogens (tertiary/aromatic N) is 6. The maximum Gasteiger partial charge on any atom is 0.293 e. The molecule has 35 heavy (non-hydrogen) atoms. The van der Waals surface area contributed by atoms with Gasteiger partial charge in [0.05, 0.1) is 26.1 Å². The van der Waals surface area contributed by atoms with Crippen molar-refractivity contribution in [2.75, 3.05) is 20.0 Å². The van der Waals surface area contributed by atoms with Gasteiger partial charge in [0.25, 0.3) is 5.91 Å². The molecule has 1 amide bonds. The van der Waals surface area contributed by atoms with Gasteiger partial charge in [-0.1, -0.05) is 22.9 Å². The molecule has 0 spiro atoms. The Kier molecular flexibility index (Phi) is 7.26. The fraction of sp³-hybridized carbons (Fsp3) is 0.182. The lowest BCUT2D eigenvalue weighted by molar-refractivity contribution is 0.0949. The second-order valence-electron chi connectivity index (χ2n) is 7.18. The Morgan fingerprint density at radius 2 is 2.00 bits per heavy atom. The second-order valence-corrected chi connectivity index (χ2v) is 8.23. The molecule has 0 radical (unpaired) electrons. The van der Waals surface area contributed by atoms with Crippen LogP contribution < -0.4 is 20.6 Å². The number of hydrogen-bond donors (Lipinski definition) is 2. The second kappa shape index (κ2) is 10.7. The maximum absolute atomic E-state index is 13.0. The summed E-state index contributed by atoms with van der Waals surface area (Å²) in [7, 11) is 3.10. The third-order valence-electron chi connectivity index (χ3n) is 4.88. The molecule has 0 saturated heterocycles. The number of amides is 1. The normalized spacial score (nSPS) is 11.1. The van der Waals surface area contributed by atoms with Gasteiger partial charge in [-0.05, 0) is 47.6 Å². The quantitative estimate of drug-likeness (QED) is 0.201. The first kappa shape index (κ1) is 23.8. The van der Waals surface area contributed by atoms with Gasteiger partial charge in [0.1, 0.15) is 11.5 Å². The Labute approximate surface area is 204 Å². The van der Waals surface area contributed by atoms with Crippen molar-refractivity contribution < 1.29 is 18.9 Å². The fourth-order valence-corrected chi connectivity index (χ4v) is 3.95. The third kappa shape index (κ3) is 5.41. The van der Waals surface area contributed by atoms with Gasteiger partial charge >= 0.3 is 0 Å². The molecule has 4 aromatic rings. The topological polar surface area (TPSA) is 156 Å². The maximum atomic E-state index is 13.0. The van der Waals surface area contributed by atoms with Gasteiger partial charge in [-0.3, -0.25) is 4.79 Å². The first-order chi connectivity index (χ1) is 17.0. The van der Waals surface area contributed by atoms with Crippen molar-refractivity contribution in [2.24, 2.45) is 5.10 Å². The number of benzene rings is 2. The summed E-state index contributed by atoms with van der Waals surface area (Å²) in [5.74, 6) is 1.13. The van der Waals surface area contributed by atoms with Crippen LogP contribution in [0.1, 0.15) is 27.3 Å². The Balaban J connectivity index is 1.58. The first-order valence-electron chi connectivity index (χ1n) is 10.3. The van der Waals surface area contributed by atoms with E-state index in [0.717, 1.165) is 10.5 Å². The zero-order valence-electron chi connectivity index (χ0n) is 19.1. The van der Waals surface area contributed by atoms with Crippen LogP contribution in [0.25, 0.3) is 5.82 Å². The van der Waals surface area contributed by atoms with Crippen molar-refractivity contribution in [3.8, 4) is 17.3 Å². The predicted octanol–water partition coefficient (Wildman–Crippen LogP) is 2.61.